The summed E-state index contributed by atoms with van der Waals surface area (Å²) in [4.78, 5) is 24.5. The van der Waals surface area contributed by atoms with E-state index in [1.165, 1.54) is 0 Å². The van der Waals surface area contributed by atoms with Crippen molar-refractivity contribution < 1.29 is 19.4 Å². The molecule has 0 aromatic carbocycles. The van der Waals surface area contributed by atoms with Crippen molar-refractivity contribution in [3.63, 3.8) is 0 Å². The van der Waals surface area contributed by atoms with Crippen LogP contribution in [0, 0.1) is 5.92 Å². The van der Waals surface area contributed by atoms with Gasteiger partial charge in [-0.15, -0.1) is 0 Å². The number of carboxylic acid groups (broad SMARTS) is 1. The number of unbranched alkanes of at least 4 members (excludes halogenated alkanes) is 1. The second-order valence-electron chi connectivity index (χ2n) is 5.49. The Morgan fingerprint density at radius 1 is 1.24 bits per heavy atom. The molecule has 0 aliphatic carbocycles. The fourth-order valence-electron chi connectivity index (χ4n) is 2.33. The predicted octanol–water partition coefficient (Wildman–Crippen LogP) is 1.11. The first-order valence-corrected chi connectivity index (χ1v) is 7.94. The molecular weight excluding hydrogens is 272 g/mol. The molecule has 1 heterocycles. The number of carbonyl (C=O) groups excluding carboxylic acids is 1. The topological polar surface area (TPSA) is 78.9 Å². The number of likely N-dealkylation sites (tertiary alicyclic amines) is 1. The molecule has 0 saturated carbocycles. The molecule has 1 rings (SSSR count). The van der Waals surface area contributed by atoms with Gasteiger partial charge in [-0.05, 0) is 32.2 Å². The van der Waals surface area contributed by atoms with E-state index in [0.29, 0.717) is 32.5 Å². The van der Waals surface area contributed by atoms with Crippen LogP contribution in [0.3, 0.4) is 0 Å². The van der Waals surface area contributed by atoms with E-state index in [0.717, 1.165) is 39.0 Å². The average molecular weight is 300 g/mol. The monoisotopic (exact) mass is 300 g/mol. The molecule has 0 aromatic heterocycles. The maximum atomic E-state index is 11.9. The number of nitrogens with one attached hydrogen (secondary N) is 1. The molecule has 122 valence electrons. The minimum absolute atomic E-state index is 0.0609. The Balaban J connectivity index is 2.00. The zero-order valence-electron chi connectivity index (χ0n) is 13.0. The van der Waals surface area contributed by atoms with Crippen molar-refractivity contribution in [2.75, 3.05) is 39.4 Å². The second-order valence-corrected chi connectivity index (χ2v) is 5.49. The van der Waals surface area contributed by atoms with E-state index in [2.05, 4.69) is 12.2 Å². The third kappa shape index (κ3) is 7.43. The Morgan fingerprint density at radius 2 is 1.90 bits per heavy atom. The molecule has 0 radical (unpaired) electrons. The van der Waals surface area contributed by atoms with E-state index >= 15 is 0 Å². The molecule has 1 aliphatic rings. The molecule has 0 spiro atoms. The summed E-state index contributed by atoms with van der Waals surface area (Å²) in [5, 5.41) is 12.0. The Morgan fingerprint density at radius 3 is 2.52 bits per heavy atom. The summed E-state index contributed by atoms with van der Waals surface area (Å²) in [6, 6.07) is 0. The van der Waals surface area contributed by atoms with Crippen LogP contribution >= 0.6 is 0 Å². The van der Waals surface area contributed by atoms with Crippen LogP contribution in [-0.4, -0.2) is 61.3 Å². The average Bonchev–Trinajstić information content (AvgIpc) is 2.49. The number of amides is 1. The van der Waals surface area contributed by atoms with Gasteiger partial charge in [0.2, 0.25) is 5.91 Å². The van der Waals surface area contributed by atoms with Crippen LogP contribution in [0.1, 0.15) is 39.0 Å². The summed E-state index contributed by atoms with van der Waals surface area (Å²) in [6.07, 6.45) is 4.26. The highest BCUT2D eigenvalue weighted by molar-refractivity contribution is 5.78. The van der Waals surface area contributed by atoms with Gasteiger partial charge < -0.3 is 20.1 Å². The van der Waals surface area contributed by atoms with Crippen LogP contribution in [0.5, 0.6) is 0 Å². The second kappa shape index (κ2) is 10.6. The molecule has 6 heteroatoms. The standard InChI is InChI=1S/C15H28N2O4/c1-2-3-10-21-11-4-7-16-12-14(18)17-8-5-13(6-9-17)15(19)20/h13,16H,2-12H2,1H3,(H,19,20). The van der Waals surface area contributed by atoms with Crippen LogP contribution in [0.4, 0.5) is 0 Å². The fourth-order valence-corrected chi connectivity index (χ4v) is 2.33. The smallest absolute Gasteiger partial charge is 0.306 e. The molecule has 0 aromatic rings. The summed E-state index contributed by atoms with van der Waals surface area (Å²) in [7, 11) is 0. The molecule has 0 bridgehead atoms. The lowest BCUT2D eigenvalue weighted by atomic mass is 9.97. The van der Waals surface area contributed by atoms with E-state index in [1.54, 1.807) is 4.90 Å². The maximum absolute atomic E-state index is 11.9. The van der Waals surface area contributed by atoms with Crippen LogP contribution in [0.2, 0.25) is 0 Å². The third-order valence-electron chi connectivity index (χ3n) is 3.76. The summed E-state index contributed by atoms with van der Waals surface area (Å²) in [6.45, 7) is 5.88. The first-order chi connectivity index (χ1) is 10.1. The van der Waals surface area contributed by atoms with E-state index in [1.807, 2.05) is 0 Å². The van der Waals surface area contributed by atoms with Gasteiger partial charge in [0.25, 0.3) is 0 Å². The molecule has 1 aliphatic heterocycles. The van der Waals surface area contributed by atoms with Gasteiger partial charge in [-0.25, -0.2) is 0 Å². The summed E-state index contributed by atoms with van der Waals surface area (Å²) < 4.78 is 5.44. The molecule has 1 saturated heterocycles. The van der Waals surface area contributed by atoms with Crippen LogP contribution < -0.4 is 5.32 Å². The Labute approximate surface area is 126 Å². The van der Waals surface area contributed by atoms with Crippen LogP contribution in [0.25, 0.3) is 0 Å². The lowest BCUT2D eigenvalue weighted by molar-refractivity contribution is -0.145. The number of hydrogen-bond acceptors (Lipinski definition) is 4. The SMILES string of the molecule is CCCCOCCCNCC(=O)N1CCC(C(=O)O)CC1. The lowest BCUT2D eigenvalue weighted by Gasteiger charge is -2.30. The number of piperidine rings is 1. The van der Waals surface area contributed by atoms with Gasteiger partial charge >= 0.3 is 5.97 Å². The molecule has 21 heavy (non-hydrogen) atoms. The van der Waals surface area contributed by atoms with Crippen molar-refractivity contribution in [3.05, 3.63) is 0 Å². The highest BCUT2D eigenvalue weighted by Crippen LogP contribution is 2.16. The van der Waals surface area contributed by atoms with Crippen LogP contribution in [0.15, 0.2) is 0 Å². The van der Waals surface area contributed by atoms with E-state index < -0.39 is 5.97 Å². The molecule has 0 atom stereocenters. The van der Waals surface area contributed by atoms with Gasteiger partial charge in [0.15, 0.2) is 0 Å². The van der Waals surface area contributed by atoms with Gasteiger partial charge in [-0.3, -0.25) is 9.59 Å². The largest absolute Gasteiger partial charge is 0.481 e. The van der Waals surface area contributed by atoms with Crippen LogP contribution in [-0.2, 0) is 14.3 Å². The van der Waals surface area contributed by atoms with Gasteiger partial charge in [-0.2, -0.15) is 0 Å². The molecule has 1 fully saturated rings. The summed E-state index contributed by atoms with van der Waals surface area (Å²) in [5.74, 6) is -0.976. The Bertz CT molecular complexity index is 315. The Hall–Kier alpha value is -1.14. The first kappa shape index (κ1) is 17.9. The normalized spacial score (nSPS) is 16.1. The van der Waals surface area contributed by atoms with E-state index in [9.17, 15) is 9.59 Å². The highest BCUT2D eigenvalue weighted by Gasteiger charge is 2.26. The third-order valence-corrected chi connectivity index (χ3v) is 3.76. The van der Waals surface area contributed by atoms with Crippen molar-refractivity contribution in [2.45, 2.75) is 39.0 Å². The van der Waals surface area contributed by atoms with Gasteiger partial charge in [0, 0.05) is 26.3 Å². The van der Waals surface area contributed by atoms with Crippen molar-refractivity contribution in [1.82, 2.24) is 10.2 Å². The fraction of sp³-hybridized carbons (Fsp3) is 0.867. The highest BCUT2D eigenvalue weighted by atomic mass is 16.5. The van der Waals surface area contributed by atoms with E-state index in [-0.39, 0.29) is 11.8 Å². The molecule has 6 nitrogen and oxygen atoms in total. The van der Waals surface area contributed by atoms with Gasteiger partial charge in [0.05, 0.1) is 12.5 Å². The number of hydrogen-bond donors (Lipinski definition) is 2. The number of aliphatic carboxylic acids is 1. The van der Waals surface area contributed by atoms with Crippen molar-refractivity contribution in [1.29, 1.82) is 0 Å². The molecule has 2 N–H and O–H groups in total. The number of carboxylic acids is 1. The summed E-state index contributed by atoms with van der Waals surface area (Å²) in [5.41, 5.74) is 0. The van der Waals surface area contributed by atoms with E-state index in [4.69, 9.17) is 9.84 Å². The zero-order valence-corrected chi connectivity index (χ0v) is 13.0. The number of carbonyl (C=O) groups is 2. The van der Waals surface area contributed by atoms with Gasteiger partial charge in [0.1, 0.15) is 0 Å². The number of rotatable bonds is 10. The van der Waals surface area contributed by atoms with Crippen molar-refractivity contribution >= 4 is 11.9 Å². The molecular formula is C15H28N2O4. The number of ether oxygens (including phenoxy) is 1. The van der Waals surface area contributed by atoms with Crippen molar-refractivity contribution in [2.24, 2.45) is 5.92 Å². The quantitative estimate of drug-likeness (QED) is 0.591. The Kier molecular flexibility index (Phi) is 9.01. The van der Waals surface area contributed by atoms with Crippen molar-refractivity contribution in [3.8, 4) is 0 Å². The first-order valence-electron chi connectivity index (χ1n) is 7.94. The summed E-state index contributed by atoms with van der Waals surface area (Å²) >= 11 is 0. The maximum Gasteiger partial charge on any atom is 0.306 e. The predicted molar refractivity (Wildman–Crippen MR) is 80.2 cm³/mol. The minimum atomic E-state index is -0.747. The minimum Gasteiger partial charge on any atom is -0.481 e. The lowest BCUT2D eigenvalue weighted by Crippen LogP contribution is -2.44. The molecule has 1 amide bonds. The molecule has 0 unspecified atom stereocenters. The number of nitrogens with zero attached hydrogens (tertiary/aromatic N) is 1. The zero-order chi connectivity index (χ0) is 15.5. The van der Waals surface area contributed by atoms with Gasteiger partial charge in [-0.1, -0.05) is 13.3 Å².